The lowest BCUT2D eigenvalue weighted by Crippen LogP contribution is -2.38. The first-order chi connectivity index (χ1) is 12.1. The highest BCUT2D eigenvalue weighted by atomic mass is 16.5. The third kappa shape index (κ3) is 3.43. The normalized spacial score (nSPS) is 25.4. The fraction of sp³-hybridized carbons (Fsp3) is 0.684. The highest BCUT2D eigenvalue weighted by Gasteiger charge is 2.33. The van der Waals surface area contributed by atoms with Gasteiger partial charge in [-0.05, 0) is 50.9 Å². The minimum atomic E-state index is 0.351. The van der Waals surface area contributed by atoms with Crippen LogP contribution >= 0.6 is 0 Å². The molecule has 2 fully saturated rings. The average Bonchev–Trinajstić information content (AvgIpc) is 3.30. The molecule has 0 radical (unpaired) electrons. The zero-order valence-electron chi connectivity index (χ0n) is 15.6. The van der Waals surface area contributed by atoms with Gasteiger partial charge >= 0.3 is 0 Å². The number of nitrogens with zero attached hydrogens (tertiary/aromatic N) is 5. The van der Waals surface area contributed by atoms with Gasteiger partial charge in [-0.2, -0.15) is 5.10 Å². The molecular weight excluding hydrogens is 314 g/mol. The van der Waals surface area contributed by atoms with Crippen LogP contribution in [0.1, 0.15) is 30.5 Å². The second-order valence-corrected chi connectivity index (χ2v) is 7.61. The molecule has 25 heavy (non-hydrogen) atoms. The van der Waals surface area contributed by atoms with E-state index in [9.17, 15) is 0 Å². The molecule has 0 amide bonds. The number of hydrogen-bond acceptors (Lipinski definition) is 5. The fourth-order valence-electron chi connectivity index (χ4n) is 4.43. The minimum Gasteiger partial charge on any atom is -0.380 e. The summed E-state index contributed by atoms with van der Waals surface area (Å²) >= 11 is 0. The van der Waals surface area contributed by atoms with Crippen molar-refractivity contribution < 1.29 is 4.74 Å². The lowest BCUT2D eigenvalue weighted by molar-refractivity contribution is 0.107. The lowest BCUT2D eigenvalue weighted by atomic mass is 10.1. The fourth-order valence-corrected chi connectivity index (χ4v) is 4.43. The van der Waals surface area contributed by atoms with Gasteiger partial charge in [0.1, 0.15) is 0 Å². The van der Waals surface area contributed by atoms with Crippen LogP contribution in [0.5, 0.6) is 0 Å². The van der Waals surface area contributed by atoms with E-state index in [0.29, 0.717) is 12.1 Å². The average molecular weight is 343 g/mol. The third-order valence-corrected chi connectivity index (χ3v) is 5.80. The largest absolute Gasteiger partial charge is 0.380 e. The van der Waals surface area contributed by atoms with Crippen LogP contribution in [0.3, 0.4) is 0 Å². The van der Waals surface area contributed by atoms with Crippen molar-refractivity contribution >= 4 is 11.0 Å². The maximum atomic E-state index is 5.68. The molecule has 2 aromatic heterocycles. The summed E-state index contributed by atoms with van der Waals surface area (Å²) < 4.78 is 7.54. The molecule has 4 rings (SSSR count). The highest BCUT2D eigenvalue weighted by molar-refractivity contribution is 5.78. The van der Waals surface area contributed by atoms with Gasteiger partial charge in [-0.15, -0.1) is 0 Å². The van der Waals surface area contributed by atoms with Gasteiger partial charge in [0.05, 0.1) is 11.8 Å². The van der Waals surface area contributed by atoms with Crippen molar-refractivity contribution in [1.82, 2.24) is 24.6 Å². The predicted molar refractivity (Wildman–Crippen MR) is 98.5 cm³/mol. The Balaban J connectivity index is 1.51. The second kappa shape index (κ2) is 7.02. The first-order valence-electron chi connectivity index (χ1n) is 9.41. The lowest BCUT2D eigenvalue weighted by Gasteiger charge is -2.28. The molecule has 2 saturated heterocycles. The quantitative estimate of drug-likeness (QED) is 0.830. The SMILES string of the molecule is CO[C@H]1C[C@@H](CN2CCCC2)N(Cc2cnc3c(c2)c(C)nn3C)C1. The first-order valence-corrected chi connectivity index (χ1v) is 9.41. The first kappa shape index (κ1) is 16.9. The van der Waals surface area contributed by atoms with Gasteiger partial charge in [-0.1, -0.05) is 0 Å². The van der Waals surface area contributed by atoms with Crippen LogP contribution in [-0.4, -0.2) is 70.0 Å². The van der Waals surface area contributed by atoms with Crippen molar-refractivity contribution in [3.05, 3.63) is 23.5 Å². The summed E-state index contributed by atoms with van der Waals surface area (Å²) in [6.45, 7) is 7.69. The number of hydrogen-bond donors (Lipinski definition) is 0. The smallest absolute Gasteiger partial charge is 0.157 e. The van der Waals surface area contributed by atoms with E-state index in [4.69, 9.17) is 4.74 Å². The van der Waals surface area contributed by atoms with Crippen molar-refractivity contribution in [3.63, 3.8) is 0 Å². The maximum absolute atomic E-state index is 5.68. The van der Waals surface area contributed by atoms with Crippen molar-refractivity contribution in [2.75, 3.05) is 33.3 Å². The van der Waals surface area contributed by atoms with E-state index >= 15 is 0 Å². The minimum absolute atomic E-state index is 0.351. The Morgan fingerprint density at radius 3 is 2.84 bits per heavy atom. The Labute approximate surface area is 149 Å². The summed E-state index contributed by atoms with van der Waals surface area (Å²) in [6.07, 6.45) is 6.19. The number of aryl methyl sites for hydroxylation is 2. The molecule has 136 valence electrons. The topological polar surface area (TPSA) is 46.4 Å². The van der Waals surface area contributed by atoms with Crippen LogP contribution in [0.15, 0.2) is 12.3 Å². The summed E-state index contributed by atoms with van der Waals surface area (Å²) in [7, 11) is 3.80. The Kier molecular flexibility index (Phi) is 4.75. The molecule has 0 spiro atoms. The standard InChI is InChI=1S/C19H29N5O/c1-14-18-8-15(10-20-19(18)22(2)21-14)11-24-13-17(25-3)9-16(24)12-23-6-4-5-7-23/h8,10,16-17H,4-7,9,11-13H2,1-3H3/t16-,17-/m0/s1. The van der Waals surface area contributed by atoms with Gasteiger partial charge in [-0.25, -0.2) is 4.98 Å². The van der Waals surface area contributed by atoms with Crippen molar-refractivity contribution in [1.29, 1.82) is 0 Å². The Bertz CT molecular complexity index is 737. The molecule has 0 bridgehead atoms. The van der Waals surface area contributed by atoms with Crippen LogP contribution in [0.2, 0.25) is 0 Å². The van der Waals surface area contributed by atoms with Crippen molar-refractivity contribution in [2.24, 2.45) is 7.05 Å². The zero-order valence-corrected chi connectivity index (χ0v) is 15.6. The van der Waals surface area contributed by atoms with E-state index in [-0.39, 0.29) is 0 Å². The number of rotatable bonds is 5. The van der Waals surface area contributed by atoms with E-state index in [2.05, 4.69) is 32.9 Å². The van der Waals surface area contributed by atoms with Gasteiger partial charge in [0.2, 0.25) is 0 Å². The molecule has 0 saturated carbocycles. The molecular formula is C19H29N5O. The molecule has 2 aliphatic heterocycles. The Morgan fingerprint density at radius 1 is 1.28 bits per heavy atom. The number of methoxy groups -OCH3 is 1. The molecule has 0 N–H and O–H groups in total. The van der Waals surface area contributed by atoms with Crippen LogP contribution in [0.4, 0.5) is 0 Å². The van der Waals surface area contributed by atoms with Crippen LogP contribution < -0.4 is 0 Å². The molecule has 6 heteroatoms. The van der Waals surface area contributed by atoms with E-state index < -0.39 is 0 Å². The molecule has 0 aliphatic carbocycles. The summed E-state index contributed by atoms with van der Waals surface area (Å²) in [5, 5.41) is 5.65. The van der Waals surface area contributed by atoms with E-state index in [1.165, 1.54) is 43.4 Å². The second-order valence-electron chi connectivity index (χ2n) is 7.61. The van der Waals surface area contributed by atoms with Crippen LogP contribution in [-0.2, 0) is 18.3 Å². The summed E-state index contributed by atoms with van der Waals surface area (Å²) in [6, 6.07) is 2.84. The Hall–Kier alpha value is -1.50. The summed E-state index contributed by atoms with van der Waals surface area (Å²) in [4.78, 5) is 9.84. The van der Waals surface area contributed by atoms with Crippen LogP contribution in [0.25, 0.3) is 11.0 Å². The van der Waals surface area contributed by atoms with E-state index in [1.54, 1.807) is 0 Å². The van der Waals surface area contributed by atoms with Gasteiger partial charge in [0, 0.05) is 51.4 Å². The molecule has 2 atom stereocenters. The molecule has 4 heterocycles. The van der Waals surface area contributed by atoms with Gasteiger partial charge in [0.25, 0.3) is 0 Å². The van der Waals surface area contributed by atoms with Crippen molar-refractivity contribution in [2.45, 2.75) is 44.9 Å². The predicted octanol–water partition coefficient (Wildman–Crippen LogP) is 1.96. The number of pyridine rings is 1. The van der Waals surface area contributed by atoms with Gasteiger partial charge in [0.15, 0.2) is 5.65 Å². The number of likely N-dealkylation sites (tertiary alicyclic amines) is 2. The molecule has 0 aromatic carbocycles. The van der Waals surface area contributed by atoms with E-state index in [0.717, 1.165) is 30.9 Å². The number of fused-ring (bicyclic) bond motifs is 1. The molecule has 6 nitrogen and oxygen atoms in total. The van der Waals surface area contributed by atoms with E-state index in [1.807, 2.05) is 25.0 Å². The zero-order chi connectivity index (χ0) is 17.4. The molecule has 0 unspecified atom stereocenters. The summed E-state index contributed by atoms with van der Waals surface area (Å²) in [5.41, 5.74) is 3.29. The van der Waals surface area contributed by atoms with Crippen molar-refractivity contribution in [3.8, 4) is 0 Å². The van der Waals surface area contributed by atoms with Gasteiger partial charge in [-0.3, -0.25) is 9.58 Å². The molecule has 2 aromatic rings. The van der Waals surface area contributed by atoms with Crippen LogP contribution in [0, 0.1) is 6.92 Å². The highest BCUT2D eigenvalue weighted by Crippen LogP contribution is 2.25. The number of aromatic nitrogens is 3. The molecule has 2 aliphatic rings. The monoisotopic (exact) mass is 343 g/mol. The summed E-state index contributed by atoms with van der Waals surface area (Å²) in [5.74, 6) is 0. The third-order valence-electron chi connectivity index (χ3n) is 5.80. The maximum Gasteiger partial charge on any atom is 0.157 e. The van der Waals surface area contributed by atoms with Gasteiger partial charge < -0.3 is 9.64 Å². The number of ether oxygens (including phenoxy) is 1. The Morgan fingerprint density at radius 2 is 2.08 bits per heavy atom.